The quantitative estimate of drug-likeness (QED) is 0.727. The average molecular weight is 268 g/mol. The highest BCUT2D eigenvalue weighted by atomic mass is 15.3. The summed E-state index contributed by atoms with van der Waals surface area (Å²) in [4.78, 5) is 4.13. The van der Waals surface area contributed by atoms with Gasteiger partial charge in [0.2, 0.25) is 0 Å². The molecule has 0 aliphatic carbocycles. The van der Waals surface area contributed by atoms with Crippen LogP contribution in [0.1, 0.15) is 22.8 Å². The smallest absolute Gasteiger partial charge is 0.159 e. The minimum atomic E-state index is 0.593. The predicted octanol–water partition coefficient (Wildman–Crippen LogP) is 1.83. The molecule has 0 fully saturated rings. The molecule has 0 N–H and O–H groups in total. The Morgan fingerprint density at radius 3 is 2.70 bits per heavy atom. The Bertz CT molecular complexity index is 725. The molecule has 3 heterocycles. The van der Waals surface area contributed by atoms with Crippen LogP contribution in [0.5, 0.6) is 0 Å². The van der Waals surface area contributed by atoms with Crippen molar-refractivity contribution in [2.24, 2.45) is 0 Å². The third kappa shape index (κ3) is 2.09. The van der Waals surface area contributed by atoms with Crippen LogP contribution in [0.4, 0.5) is 0 Å². The molecule has 6 heteroatoms. The summed E-state index contributed by atoms with van der Waals surface area (Å²) in [5, 5.41) is 12.7. The summed E-state index contributed by atoms with van der Waals surface area (Å²) in [6, 6.07) is 3.87. The maximum Gasteiger partial charge on any atom is 0.159 e. The summed E-state index contributed by atoms with van der Waals surface area (Å²) >= 11 is 0. The normalized spacial score (nSPS) is 10.9. The van der Waals surface area contributed by atoms with Crippen LogP contribution < -0.4 is 0 Å². The van der Waals surface area contributed by atoms with E-state index in [0.29, 0.717) is 6.54 Å². The highest BCUT2D eigenvalue weighted by Crippen LogP contribution is 2.14. The molecule has 0 aliphatic heterocycles. The van der Waals surface area contributed by atoms with Crippen LogP contribution in [-0.4, -0.2) is 29.5 Å². The number of nitrogens with zero attached hydrogens (tertiary/aromatic N) is 6. The molecule has 0 radical (unpaired) electrons. The van der Waals surface area contributed by atoms with Gasteiger partial charge in [-0.3, -0.25) is 14.2 Å². The third-order valence-corrected chi connectivity index (χ3v) is 3.58. The minimum absolute atomic E-state index is 0.593. The second-order valence-corrected chi connectivity index (χ2v) is 4.78. The number of pyridine rings is 1. The molecule has 0 saturated heterocycles. The molecule has 102 valence electrons. The van der Waals surface area contributed by atoms with Gasteiger partial charge in [0.15, 0.2) is 5.82 Å². The molecular formula is C14H16N6. The summed E-state index contributed by atoms with van der Waals surface area (Å²) in [6.07, 6.45) is 5.24. The summed E-state index contributed by atoms with van der Waals surface area (Å²) < 4.78 is 3.89. The lowest BCUT2D eigenvalue weighted by Gasteiger charge is -2.07. The summed E-state index contributed by atoms with van der Waals surface area (Å²) in [5.41, 5.74) is 4.38. The molecule has 20 heavy (non-hydrogen) atoms. The monoisotopic (exact) mass is 268 g/mol. The van der Waals surface area contributed by atoms with Gasteiger partial charge < -0.3 is 0 Å². The zero-order valence-corrected chi connectivity index (χ0v) is 11.8. The van der Waals surface area contributed by atoms with Crippen LogP contribution in [0.15, 0.2) is 30.9 Å². The van der Waals surface area contributed by atoms with Gasteiger partial charge in [-0.2, -0.15) is 5.10 Å². The SMILES string of the molecule is Cc1nn(Cc2nncn2-c2cccnc2)c(C)c1C. The molecule has 6 nitrogen and oxygen atoms in total. The molecule has 3 aromatic heterocycles. The van der Waals surface area contributed by atoms with Gasteiger partial charge >= 0.3 is 0 Å². The van der Waals surface area contributed by atoms with Crippen molar-refractivity contribution < 1.29 is 0 Å². The number of aromatic nitrogens is 6. The molecule has 0 saturated carbocycles. The van der Waals surface area contributed by atoms with E-state index in [1.54, 1.807) is 18.7 Å². The Morgan fingerprint density at radius 2 is 2.05 bits per heavy atom. The Hall–Kier alpha value is -2.50. The fourth-order valence-electron chi connectivity index (χ4n) is 2.15. The Kier molecular flexibility index (Phi) is 3.06. The van der Waals surface area contributed by atoms with Crippen molar-refractivity contribution in [3.63, 3.8) is 0 Å². The van der Waals surface area contributed by atoms with Gasteiger partial charge in [0.25, 0.3) is 0 Å². The van der Waals surface area contributed by atoms with Crippen molar-refractivity contribution in [1.29, 1.82) is 0 Å². The molecule has 0 bridgehead atoms. The van der Waals surface area contributed by atoms with E-state index in [2.05, 4.69) is 34.1 Å². The van der Waals surface area contributed by atoms with E-state index in [0.717, 1.165) is 22.9 Å². The number of rotatable bonds is 3. The van der Waals surface area contributed by atoms with Crippen LogP contribution >= 0.6 is 0 Å². The van der Waals surface area contributed by atoms with Gasteiger partial charge in [0.05, 0.1) is 17.6 Å². The van der Waals surface area contributed by atoms with Crippen LogP contribution in [0.3, 0.4) is 0 Å². The highest BCUT2D eigenvalue weighted by Gasteiger charge is 2.12. The van der Waals surface area contributed by atoms with Gasteiger partial charge in [-0.25, -0.2) is 0 Å². The summed E-state index contributed by atoms with van der Waals surface area (Å²) in [5.74, 6) is 0.837. The van der Waals surface area contributed by atoms with Crippen LogP contribution in [0.25, 0.3) is 5.69 Å². The molecule has 0 unspecified atom stereocenters. The second kappa shape index (κ2) is 4.88. The molecule has 0 spiro atoms. The molecule has 0 aromatic carbocycles. The molecule has 0 amide bonds. The first-order chi connectivity index (χ1) is 9.66. The molecule has 3 aromatic rings. The van der Waals surface area contributed by atoms with Crippen molar-refractivity contribution in [2.45, 2.75) is 27.3 Å². The van der Waals surface area contributed by atoms with E-state index in [1.165, 1.54) is 5.56 Å². The Balaban J connectivity index is 1.97. The van der Waals surface area contributed by atoms with Gasteiger partial charge in [0, 0.05) is 11.9 Å². The minimum Gasteiger partial charge on any atom is -0.282 e. The average Bonchev–Trinajstić information content (AvgIpc) is 3.02. The van der Waals surface area contributed by atoms with Crippen LogP contribution in [-0.2, 0) is 6.54 Å². The first kappa shape index (κ1) is 12.5. The first-order valence-electron chi connectivity index (χ1n) is 6.46. The maximum absolute atomic E-state index is 4.54. The van der Waals surface area contributed by atoms with E-state index in [9.17, 15) is 0 Å². The van der Waals surface area contributed by atoms with Gasteiger partial charge in [0.1, 0.15) is 12.9 Å². The van der Waals surface area contributed by atoms with Crippen molar-refractivity contribution in [2.75, 3.05) is 0 Å². The Morgan fingerprint density at radius 1 is 1.20 bits per heavy atom. The fraction of sp³-hybridized carbons (Fsp3) is 0.286. The lowest BCUT2D eigenvalue weighted by atomic mass is 10.2. The molecular weight excluding hydrogens is 252 g/mol. The topological polar surface area (TPSA) is 61.4 Å². The van der Waals surface area contributed by atoms with E-state index < -0.39 is 0 Å². The zero-order valence-electron chi connectivity index (χ0n) is 11.8. The standard InChI is InChI=1S/C14H16N6/c1-10-11(2)18-20(12(10)3)8-14-17-16-9-19(14)13-5-4-6-15-7-13/h4-7,9H,8H2,1-3H3. The van der Waals surface area contributed by atoms with E-state index in [4.69, 9.17) is 0 Å². The second-order valence-electron chi connectivity index (χ2n) is 4.78. The van der Waals surface area contributed by atoms with Crippen molar-refractivity contribution in [3.8, 4) is 5.69 Å². The van der Waals surface area contributed by atoms with Gasteiger partial charge in [-0.05, 0) is 38.5 Å². The first-order valence-corrected chi connectivity index (χ1v) is 6.46. The van der Waals surface area contributed by atoms with Gasteiger partial charge in [-0.1, -0.05) is 0 Å². The van der Waals surface area contributed by atoms with Crippen molar-refractivity contribution >= 4 is 0 Å². The molecule has 0 atom stereocenters. The van der Waals surface area contributed by atoms with E-state index in [-0.39, 0.29) is 0 Å². The molecule has 3 rings (SSSR count). The van der Waals surface area contributed by atoms with E-state index >= 15 is 0 Å². The Labute approximate surface area is 117 Å². The number of aryl methyl sites for hydroxylation is 1. The largest absolute Gasteiger partial charge is 0.282 e. The third-order valence-electron chi connectivity index (χ3n) is 3.58. The lowest BCUT2D eigenvalue weighted by Crippen LogP contribution is -2.10. The fourth-order valence-corrected chi connectivity index (χ4v) is 2.15. The number of hydrogen-bond acceptors (Lipinski definition) is 4. The predicted molar refractivity (Wildman–Crippen MR) is 74.7 cm³/mol. The van der Waals surface area contributed by atoms with Gasteiger partial charge in [-0.15, -0.1) is 10.2 Å². The van der Waals surface area contributed by atoms with Crippen molar-refractivity contribution in [1.82, 2.24) is 29.5 Å². The van der Waals surface area contributed by atoms with Crippen LogP contribution in [0.2, 0.25) is 0 Å². The highest BCUT2D eigenvalue weighted by molar-refractivity contribution is 5.29. The summed E-state index contributed by atoms with van der Waals surface area (Å²) in [7, 11) is 0. The lowest BCUT2D eigenvalue weighted by molar-refractivity contribution is 0.622. The van der Waals surface area contributed by atoms with Crippen LogP contribution in [0, 0.1) is 20.8 Å². The number of hydrogen-bond donors (Lipinski definition) is 0. The maximum atomic E-state index is 4.54. The van der Waals surface area contributed by atoms with E-state index in [1.807, 2.05) is 28.3 Å². The van der Waals surface area contributed by atoms with Crippen molar-refractivity contribution in [3.05, 3.63) is 53.6 Å². The zero-order chi connectivity index (χ0) is 14.1. The molecule has 0 aliphatic rings. The summed E-state index contributed by atoms with van der Waals surface area (Å²) in [6.45, 7) is 6.76.